The van der Waals surface area contributed by atoms with Crippen molar-refractivity contribution < 1.29 is 13.2 Å². The standard InChI is InChI=1S/C19H20N4O3S3/c1-13(19-22-15(12-28-19)14-4-7-20-8-5-14)21-18(24)17-16(6-11-27-17)29(25,26)23-9-2-3-10-23/h4-8,11-13H,2-3,9-10H2,1H3,(H,21,24). The van der Waals surface area contributed by atoms with Crippen molar-refractivity contribution in [3.63, 3.8) is 0 Å². The number of thiophene rings is 1. The second-order valence-electron chi connectivity index (χ2n) is 6.73. The molecule has 1 N–H and O–H groups in total. The third-order valence-corrected chi connectivity index (χ3v) is 8.75. The van der Waals surface area contributed by atoms with Crippen LogP contribution in [0.15, 0.2) is 46.2 Å². The van der Waals surface area contributed by atoms with E-state index in [9.17, 15) is 13.2 Å². The van der Waals surface area contributed by atoms with Crippen LogP contribution in [-0.2, 0) is 10.0 Å². The lowest BCUT2D eigenvalue weighted by molar-refractivity contribution is 0.0941. The van der Waals surface area contributed by atoms with Crippen molar-refractivity contribution in [2.24, 2.45) is 0 Å². The Morgan fingerprint density at radius 1 is 1.17 bits per heavy atom. The zero-order chi connectivity index (χ0) is 20.4. The first-order chi connectivity index (χ1) is 14.0. The summed E-state index contributed by atoms with van der Waals surface area (Å²) in [5, 5.41) is 7.22. The van der Waals surface area contributed by atoms with Gasteiger partial charge in [-0.2, -0.15) is 4.31 Å². The van der Waals surface area contributed by atoms with Crippen molar-refractivity contribution in [2.75, 3.05) is 13.1 Å². The molecular weight excluding hydrogens is 428 g/mol. The van der Waals surface area contributed by atoms with E-state index in [-0.39, 0.29) is 15.8 Å². The van der Waals surface area contributed by atoms with Gasteiger partial charge in [0.1, 0.15) is 14.8 Å². The largest absolute Gasteiger partial charge is 0.342 e. The fourth-order valence-corrected chi connectivity index (χ4v) is 6.86. The highest BCUT2D eigenvalue weighted by molar-refractivity contribution is 7.89. The maximum absolute atomic E-state index is 12.9. The molecule has 1 fully saturated rings. The molecule has 7 nitrogen and oxygen atoms in total. The van der Waals surface area contributed by atoms with Crippen molar-refractivity contribution >= 4 is 38.6 Å². The molecule has 0 bridgehead atoms. The second-order valence-corrected chi connectivity index (χ2v) is 10.4. The summed E-state index contributed by atoms with van der Waals surface area (Å²) < 4.78 is 27.2. The van der Waals surface area contributed by atoms with Crippen molar-refractivity contribution in [1.82, 2.24) is 19.6 Å². The molecule has 0 saturated carbocycles. The van der Waals surface area contributed by atoms with Gasteiger partial charge in [-0.1, -0.05) is 0 Å². The number of carbonyl (C=O) groups is 1. The molecule has 4 rings (SSSR count). The number of rotatable bonds is 6. The second kappa shape index (κ2) is 8.31. The molecule has 0 spiro atoms. The topological polar surface area (TPSA) is 92.3 Å². The van der Waals surface area contributed by atoms with Crippen LogP contribution in [0.1, 0.15) is 40.5 Å². The van der Waals surface area contributed by atoms with E-state index in [4.69, 9.17) is 0 Å². The minimum absolute atomic E-state index is 0.0886. The van der Waals surface area contributed by atoms with Crippen molar-refractivity contribution in [3.8, 4) is 11.3 Å². The van der Waals surface area contributed by atoms with Gasteiger partial charge in [-0.05, 0) is 43.3 Å². The Morgan fingerprint density at radius 3 is 2.62 bits per heavy atom. The van der Waals surface area contributed by atoms with E-state index in [1.54, 1.807) is 17.8 Å². The number of sulfonamides is 1. The molecule has 1 amide bonds. The summed E-state index contributed by atoms with van der Waals surface area (Å²) in [5.41, 5.74) is 1.78. The molecule has 0 radical (unpaired) electrons. The maximum Gasteiger partial charge on any atom is 0.263 e. The first kappa shape index (κ1) is 20.1. The lowest BCUT2D eigenvalue weighted by Crippen LogP contribution is -2.31. The predicted octanol–water partition coefficient (Wildman–Crippen LogP) is 3.54. The smallest absolute Gasteiger partial charge is 0.263 e. The van der Waals surface area contributed by atoms with Crippen LogP contribution >= 0.6 is 22.7 Å². The Balaban J connectivity index is 1.51. The van der Waals surface area contributed by atoms with Gasteiger partial charge in [0.15, 0.2) is 0 Å². The van der Waals surface area contributed by atoms with Gasteiger partial charge in [0, 0.05) is 36.4 Å². The number of hydrogen-bond acceptors (Lipinski definition) is 7. The highest BCUT2D eigenvalue weighted by atomic mass is 32.2. The van der Waals surface area contributed by atoms with Crippen molar-refractivity contribution in [1.29, 1.82) is 0 Å². The van der Waals surface area contributed by atoms with Gasteiger partial charge < -0.3 is 5.32 Å². The molecule has 3 aromatic rings. The Hall–Kier alpha value is -2.14. The van der Waals surface area contributed by atoms with Gasteiger partial charge in [0.05, 0.1) is 11.7 Å². The number of nitrogens with zero attached hydrogens (tertiary/aromatic N) is 3. The number of thiazole rings is 1. The summed E-state index contributed by atoms with van der Waals surface area (Å²) in [6, 6.07) is 4.93. The minimum Gasteiger partial charge on any atom is -0.342 e. The Morgan fingerprint density at radius 2 is 1.90 bits per heavy atom. The quantitative estimate of drug-likeness (QED) is 0.623. The van der Waals surface area contributed by atoms with E-state index in [1.807, 2.05) is 24.4 Å². The molecule has 1 atom stereocenters. The fraction of sp³-hybridized carbons (Fsp3) is 0.316. The molecular formula is C19H20N4O3S3. The zero-order valence-electron chi connectivity index (χ0n) is 15.7. The van der Waals surface area contributed by atoms with Crippen LogP contribution in [0.3, 0.4) is 0 Å². The molecule has 1 unspecified atom stereocenters. The molecule has 10 heteroatoms. The van der Waals surface area contributed by atoms with E-state index < -0.39 is 15.9 Å². The third kappa shape index (κ3) is 4.11. The minimum atomic E-state index is -3.64. The number of pyridine rings is 1. The Bertz CT molecular complexity index is 1100. The average molecular weight is 449 g/mol. The summed E-state index contributed by atoms with van der Waals surface area (Å²) in [5.74, 6) is -0.397. The van der Waals surface area contributed by atoms with Crippen LogP contribution in [-0.4, -0.2) is 41.7 Å². The Labute approximate surface area is 177 Å². The average Bonchev–Trinajstić information content (AvgIpc) is 3.50. The van der Waals surface area contributed by atoms with Gasteiger partial charge in [-0.3, -0.25) is 9.78 Å². The van der Waals surface area contributed by atoms with E-state index in [1.165, 1.54) is 21.7 Å². The van der Waals surface area contributed by atoms with Crippen LogP contribution in [0.4, 0.5) is 0 Å². The summed E-state index contributed by atoms with van der Waals surface area (Å²) >= 11 is 2.59. The third-order valence-electron chi connectivity index (χ3n) is 4.73. The van der Waals surface area contributed by atoms with E-state index in [0.717, 1.165) is 40.4 Å². The van der Waals surface area contributed by atoms with E-state index in [2.05, 4.69) is 15.3 Å². The van der Waals surface area contributed by atoms with Gasteiger partial charge >= 0.3 is 0 Å². The normalized spacial score (nSPS) is 16.0. The zero-order valence-corrected chi connectivity index (χ0v) is 18.2. The SMILES string of the molecule is CC(NC(=O)c1sccc1S(=O)(=O)N1CCCC1)c1nc(-c2ccncc2)cs1. The highest BCUT2D eigenvalue weighted by Gasteiger charge is 2.32. The summed E-state index contributed by atoms with van der Waals surface area (Å²) in [7, 11) is -3.64. The predicted molar refractivity (Wildman–Crippen MR) is 114 cm³/mol. The van der Waals surface area contributed by atoms with E-state index in [0.29, 0.717) is 13.1 Å². The molecule has 1 aliphatic rings. The van der Waals surface area contributed by atoms with Crippen LogP contribution in [0.2, 0.25) is 0 Å². The number of amides is 1. The number of nitrogens with one attached hydrogen (secondary N) is 1. The summed E-state index contributed by atoms with van der Waals surface area (Å²) in [4.78, 5) is 21.7. The molecule has 29 heavy (non-hydrogen) atoms. The van der Waals surface area contributed by atoms with Gasteiger partial charge in [-0.15, -0.1) is 22.7 Å². The highest BCUT2D eigenvalue weighted by Crippen LogP contribution is 2.29. The lowest BCUT2D eigenvalue weighted by atomic mass is 10.2. The van der Waals surface area contributed by atoms with Crippen LogP contribution in [0.25, 0.3) is 11.3 Å². The fourth-order valence-electron chi connectivity index (χ4n) is 3.20. The number of aromatic nitrogens is 2. The molecule has 152 valence electrons. The van der Waals surface area contributed by atoms with Crippen molar-refractivity contribution in [2.45, 2.75) is 30.7 Å². The maximum atomic E-state index is 12.9. The first-order valence-corrected chi connectivity index (χ1v) is 12.4. The van der Waals surface area contributed by atoms with Crippen molar-refractivity contribution in [3.05, 3.63) is 51.2 Å². The number of hydrogen-bond donors (Lipinski definition) is 1. The number of carbonyl (C=O) groups excluding carboxylic acids is 1. The van der Waals surface area contributed by atoms with E-state index >= 15 is 0 Å². The Kier molecular flexibility index (Phi) is 5.77. The first-order valence-electron chi connectivity index (χ1n) is 9.21. The molecule has 0 aliphatic carbocycles. The monoisotopic (exact) mass is 448 g/mol. The lowest BCUT2D eigenvalue weighted by Gasteiger charge is -2.16. The summed E-state index contributed by atoms with van der Waals surface area (Å²) in [6.45, 7) is 2.86. The molecule has 1 saturated heterocycles. The summed E-state index contributed by atoms with van der Waals surface area (Å²) in [6.07, 6.45) is 5.12. The van der Waals surface area contributed by atoms with Gasteiger partial charge in [-0.25, -0.2) is 13.4 Å². The molecule has 1 aliphatic heterocycles. The van der Waals surface area contributed by atoms with Crippen LogP contribution < -0.4 is 5.32 Å². The molecule has 4 heterocycles. The molecule has 3 aromatic heterocycles. The van der Waals surface area contributed by atoms with Crippen LogP contribution in [0, 0.1) is 0 Å². The van der Waals surface area contributed by atoms with Gasteiger partial charge in [0.2, 0.25) is 10.0 Å². The molecule has 0 aromatic carbocycles. The van der Waals surface area contributed by atoms with Crippen LogP contribution in [0.5, 0.6) is 0 Å². The van der Waals surface area contributed by atoms with Gasteiger partial charge in [0.25, 0.3) is 5.91 Å².